The SMILES string of the molecule is CCNC(=O)c1cccc(Nc2ccc([N+](=O)[O-])cc2Cl)c1. The van der Waals surface area contributed by atoms with Crippen molar-refractivity contribution in [1.82, 2.24) is 5.32 Å². The molecule has 0 atom stereocenters. The summed E-state index contributed by atoms with van der Waals surface area (Å²) in [6, 6.07) is 11.1. The number of non-ortho nitro benzene ring substituents is 1. The Bertz CT molecular complexity index is 719. The highest BCUT2D eigenvalue weighted by Crippen LogP contribution is 2.29. The smallest absolute Gasteiger partial charge is 0.271 e. The van der Waals surface area contributed by atoms with Crippen molar-refractivity contribution in [2.24, 2.45) is 0 Å². The zero-order valence-electron chi connectivity index (χ0n) is 11.8. The topological polar surface area (TPSA) is 84.3 Å². The van der Waals surface area contributed by atoms with Crippen LogP contribution >= 0.6 is 11.6 Å². The van der Waals surface area contributed by atoms with E-state index >= 15 is 0 Å². The number of carbonyl (C=O) groups excluding carboxylic acids is 1. The maximum absolute atomic E-state index is 11.8. The number of halogens is 1. The fourth-order valence-electron chi connectivity index (χ4n) is 1.88. The van der Waals surface area contributed by atoms with Gasteiger partial charge in [0.15, 0.2) is 0 Å². The molecule has 0 unspecified atom stereocenters. The van der Waals surface area contributed by atoms with Gasteiger partial charge < -0.3 is 10.6 Å². The van der Waals surface area contributed by atoms with Crippen LogP contribution in [0.4, 0.5) is 17.1 Å². The van der Waals surface area contributed by atoms with Crippen LogP contribution in [0.3, 0.4) is 0 Å². The highest BCUT2D eigenvalue weighted by Gasteiger charge is 2.10. The first-order valence-corrected chi connectivity index (χ1v) is 6.98. The monoisotopic (exact) mass is 319 g/mol. The van der Waals surface area contributed by atoms with E-state index in [2.05, 4.69) is 10.6 Å². The van der Waals surface area contributed by atoms with E-state index < -0.39 is 4.92 Å². The molecule has 0 aliphatic carbocycles. The number of nitrogens with one attached hydrogen (secondary N) is 2. The predicted octanol–water partition coefficient (Wildman–Crippen LogP) is 3.74. The number of hydrogen-bond donors (Lipinski definition) is 2. The predicted molar refractivity (Wildman–Crippen MR) is 85.8 cm³/mol. The number of carbonyl (C=O) groups is 1. The first kappa shape index (κ1) is 15.8. The van der Waals surface area contributed by atoms with Crippen molar-refractivity contribution in [3.63, 3.8) is 0 Å². The van der Waals surface area contributed by atoms with Gasteiger partial charge in [-0.05, 0) is 31.2 Å². The van der Waals surface area contributed by atoms with Gasteiger partial charge in [0.25, 0.3) is 11.6 Å². The molecule has 0 saturated heterocycles. The van der Waals surface area contributed by atoms with Gasteiger partial charge in [0.2, 0.25) is 0 Å². The molecule has 2 aromatic carbocycles. The molecular weight excluding hydrogens is 306 g/mol. The van der Waals surface area contributed by atoms with Gasteiger partial charge in [-0.3, -0.25) is 14.9 Å². The summed E-state index contributed by atoms with van der Waals surface area (Å²) in [5.41, 5.74) is 1.64. The van der Waals surface area contributed by atoms with E-state index in [1.54, 1.807) is 24.3 Å². The third-order valence-corrected chi connectivity index (χ3v) is 3.22. The van der Waals surface area contributed by atoms with E-state index in [9.17, 15) is 14.9 Å². The molecule has 0 bridgehead atoms. The summed E-state index contributed by atoms with van der Waals surface area (Å²) >= 11 is 6.03. The average molecular weight is 320 g/mol. The maximum Gasteiger partial charge on any atom is 0.271 e. The number of rotatable bonds is 5. The van der Waals surface area contributed by atoms with Crippen molar-refractivity contribution in [2.45, 2.75) is 6.92 Å². The van der Waals surface area contributed by atoms with Crippen LogP contribution in [0.2, 0.25) is 5.02 Å². The van der Waals surface area contributed by atoms with Crippen molar-refractivity contribution in [3.05, 3.63) is 63.2 Å². The van der Waals surface area contributed by atoms with Gasteiger partial charge in [0.1, 0.15) is 0 Å². The van der Waals surface area contributed by atoms with E-state index in [1.165, 1.54) is 18.2 Å². The number of nitro benzene ring substituents is 1. The summed E-state index contributed by atoms with van der Waals surface area (Å²) in [5, 5.41) is 16.7. The van der Waals surface area contributed by atoms with Crippen molar-refractivity contribution < 1.29 is 9.72 Å². The van der Waals surface area contributed by atoms with Gasteiger partial charge in [-0.15, -0.1) is 0 Å². The minimum Gasteiger partial charge on any atom is -0.354 e. The summed E-state index contributed by atoms with van der Waals surface area (Å²) in [7, 11) is 0. The first-order chi connectivity index (χ1) is 10.5. The molecule has 22 heavy (non-hydrogen) atoms. The van der Waals surface area contributed by atoms with Crippen molar-refractivity contribution in [1.29, 1.82) is 0 Å². The fraction of sp³-hybridized carbons (Fsp3) is 0.133. The van der Waals surface area contributed by atoms with Gasteiger partial charge in [-0.1, -0.05) is 17.7 Å². The Morgan fingerprint density at radius 3 is 2.68 bits per heavy atom. The van der Waals surface area contributed by atoms with Gasteiger partial charge in [-0.25, -0.2) is 0 Å². The Morgan fingerprint density at radius 2 is 2.05 bits per heavy atom. The van der Waals surface area contributed by atoms with Gasteiger partial charge >= 0.3 is 0 Å². The van der Waals surface area contributed by atoms with Crippen LogP contribution in [0.15, 0.2) is 42.5 Å². The van der Waals surface area contributed by atoms with Gasteiger partial charge in [0, 0.05) is 29.9 Å². The molecule has 114 valence electrons. The largest absolute Gasteiger partial charge is 0.354 e. The van der Waals surface area contributed by atoms with Crippen LogP contribution in [-0.4, -0.2) is 17.4 Å². The minimum absolute atomic E-state index is 0.0772. The molecule has 0 spiro atoms. The summed E-state index contributed by atoms with van der Waals surface area (Å²) in [6.45, 7) is 2.39. The highest BCUT2D eigenvalue weighted by molar-refractivity contribution is 6.33. The molecule has 2 N–H and O–H groups in total. The minimum atomic E-state index is -0.509. The molecule has 0 saturated carbocycles. The number of nitro groups is 1. The van der Waals surface area contributed by atoms with E-state index in [1.807, 2.05) is 6.92 Å². The summed E-state index contributed by atoms with van der Waals surface area (Å²) in [5.74, 6) is -0.166. The molecule has 0 radical (unpaired) electrons. The lowest BCUT2D eigenvalue weighted by molar-refractivity contribution is -0.384. The zero-order valence-corrected chi connectivity index (χ0v) is 12.6. The zero-order chi connectivity index (χ0) is 16.1. The van der Waals surface area contributed by atoms with Gasteiger partial charge in [-0.2, -0.15) is 0 Å². The van der Waals surface area contributed by atoms with Crippen molar-refractivity contribution >= 4 is 34.6 Å². The van der Waals surface area contributed by atoms with E-state index in [-0.39, 0.29) is 16.6 Å². The Balaban J connectivity index is 2.22. The van der Waals surface area contributed by atoms with E-state index in [0.29, 0.717) is 23.5 Å². The quantitative estimate of drug-likeness (QED) is 0.649. The number of benzene rings is 2. The van der Waals surface area contributed by atoms with Crippen LogP contribution in [0.5, 0.6) is 0 Å². The van der Waals surface area contributed by atoms with E-state index in [0.717, 1.165) is 0 Å². The Labute approximate surface area is 132 Å². The fourth-order valence-corrected chi connectivity index (χ4v) is 2.10. The third kappa shape index (κ3) is 3.73. The standard InChI is InChI=1S/C15H14ClN3O3/c1-2-17-15(20)10-4-3-5-11(8-10)18-14-7-6-12(19(21)22)9-13(14)16/h3-9,18H,2H2,1H3,(H,17,20). The molecule has 0 aliphatic rings. The Kier molecular flexibility index (Phi) is 4.95. The normalized spacial score (nSPS) is 10.1. The van der Waals surface area contributed by atoms with Crippen molar-refractivity contribution in [3.8, 4) is 0 Å². The molecule has 0 heterocycles. The molecular formula is C15H14ClN3O3. The van der Waals surface area contributed by atoms with Crippen LogP contribution < -0.4 is 10.6 Å². The summed E-state index contributed by atoms with van der Waals surface area (Å²) in [4.78, 5) is 22.0. The van der Waals surface area contributed by atoms with Crippen LogP contribution in [0.1, 0.15) is 17.3 Å². The Hall–Kier alpha value is -2.60. The lowest BCUT2D eigenvalue weighted by Crippen LogP contribution is -2.22. The molecule has 2 rings (SSSR count). The van der Waals surface area contributed by atoms with E-state index in [4.69, 9.17) is 11.6 Å². The number of hydrogen-bond acceptors (Lipinski definition) is 4. The lowest BCUT2D eigenvalue weighted by Gasteiger charge is -2.10. The third-order valence-electron chi connectivity index (χ3n) is 2.90. The molecule has 6 nitrogen and oxygen atoms in total. The molecule has 0 aromatic heterocycles. The summed E-state index contributed by atoms with van der Waals surface area (Å²) in [6.07, 6.45) is 0. The maximum atomic E-state index is 11.8. The van der Waals surface area contributed by atoms with Crippen molar-refractivity contribution in [2.75, 3.05) is 11.9 Å². The average Bonchev–Trinajstić information content (AvgIpc) is 2.49. The molecule has 2 aromatic rings. The second kappa shape index (κ2) is 6.91. The number of nitrogens with zero attached hydrogens (tertiary/aromatic N) is 1. The lowest BCUT2D eigenvalue weighted by atomic mass is 10.1. The second-order valence-electron chi connectivity index (χ2n) is 4.49. The molecule has 7 heteroatoms. The highest BCUT2D eigenvalue weighted by atomic mass is 35.5. The molecule has 1 amide bonds. The first-order valence-electron chi connectivity index (χ1n) is 6.60. The second-order valence-corrected chi connectivity index (χ2v) is 4.89. The summed E-state index contributed by atoms with van der Waals surface area (Å²) < 4.78 is 0. The molecule has 0 aliphatic heterocycles. The van der Waals surface area contributed by atoms with Gasteiger partial charge in [0.05, 0.1) is 15.6 Å². The number of amides is 1. The molecule has 0 fully saturated rings. The number of anilines is 2. The van der Waals surface area contributed by atoms with Crippen LogP contribution in [0.25, 0.3) is 0 Å². The van der Waals surface area contributed by atoms with Crippen LogP contribution in [0, 0.1) is 10.1 Å². The Morgan fingerprint density at radius 1 is 1.27 bits per heavy atom. The van der Waals surface area contributed by atoms with Crippen LogP contribution in [-0.2, 0) is 0 Å².